The Labute approximate surface area is 97.7 Å². The number of rotatable bonds is 3. The van der Waals surface area contributed by atoms with E-state index in [1.54, 1.807) is 0 Å². The van der Waals surface area contributed by atoms with Gasteiger partial charge in [0.1, 0.15) is 0 Å². The normalized spacial score (nSPS) is 26.2. The van der Waals surface area contributed by atoms with Gasteiger partial charge in [0.2, 0.25) is 0 Å². The predicted octanol–water partition coefficient (Wildman–Crippen LogP) is 1.56. The predicted molar refractivity (Wildman–Crippen MR) is 66.0 cm³/mol. The van der Waals surface area contributed by atoms with Crippen molar-refractivity contribution in [2.75, 3.05) is 19.6 Å². The molecule has 1 fully saturated rings. The van der Waals surface area contributed by atoms with Gasteiger partial charge in [-0.25, -0.2) is 0 Å². The zero-order valence-electron chi connectivity index (χ0n) is 10.2. The van der Waals surface area contributed by atoms with E-state index in [1.165, 1.54) is 12.1 Å². The Morgan fingerprint density at radius 3 is 2.94 bits per heavy atom. The molecule has 0 amide bonds. The number of pyridine rings is 1. The summed E-state index contributed by atoms with van der Waals surface area (Å²) in [6.07, 6.45) is 1.20. The van der Waals surface area contributed by atoms with Gasteiger partial charge in [-0.3, -0.25) is 9.88 Å². The van der Waals surface area contributed by atoms with E-state index in [2.05, 4.69) is 28.9 Å². The van der Waals surface area contributed by atoms with E-state index < -0.39 is 0 Å². The highest BCUT2D eigenvalue weighted by atomic mass is 15.2. The van der Waals surface area contributed by atoms with Crippen LogP contribution in [0.2, 0.25) is 0 Å². The standard InChI is InChI=1S/C13H21N3/c1-11-4-3-5-12(15-11)8-16-7-6-13(2,9-14)10-16/h3-5H,6-10,14H2,1-2H3. The summed E-state index contributed by atoms with van der Waals surface area (Å²) in [5.74, 6) is 0. The lowest BCUT2D eigenvalue weighted by Crippen LogP contribution is -2.31. The van der Waals surface area contributed by atoms with Crippen molar-refractivity contribution in [2.45, 2.75) is 26.8 Å². The molecule has 1 atom stereocenters. The number of aromatic nitrogens is 1. The van der Waals surface area contributed by atoms with E-state index in [4.69, 9.17) is 5.73 Å². The van der Waals surface area contributed by atoms with E-state index in [9.17, 15) is 0 Å². The third-order valence-electron chi connectivity index (χ3n) is 3.46. The average molecular weight is 219 g/mol. The lowest BCUT2D eigenvalue weighted by atomic mass is 9.90. The summed E-state index contributed by atoms with van der Waals surface area (Å²) in [7, 11) is 0. The molecular weight excluding hydrogens is 198 g/mol. The lowest BCUT2D eigenvalue weighted by molar-refractivity contribution is 0.272. The Morgan fingerprint density at radius 2 is 2.31 bits per heavy atom. The molecule has 1 aliphatic heterocycles. The van der Waals surface area contributed by atoms with Crippen molar-refractivity contribution in [1.29, 1.82) is 0 Å². The highest BCUT2D eigenvalue weighted by molar-refractivity contribution is 5.10. The molecular formula is C13H21N3. The van der Waals surface area contributed by atoms with Crippen LogP contribution in [0.25, 0.3) is 0 Å². The van der Waals surface area contributed by atoms with Crippen molar-refractivity contribution in [3.8, 4) is 0 Å². The molecule has 1 aromatic heterocycles. The molecule has 3 nitrogen and oxygen atoms in total. The summed E-state index contributed by atoms with van der Waals surface area (Å²) in [5, 5.41) is 0. The fourth-order valence-corrected chi connectivity index (χ4v) is 2.34. The Morgan fingerprint density at radius 1 is 1.50 bits per heavy atom. The van der Waals surface area contributed by atoms with Gasteiger partial charge in [0.25, 0.3) is 0 Å². The maximum atomic E-state index is 5.81. The van der Waals surface area contributed by atoms with Gasteiger partial charge in [-0.05, 0) is 44.0 Å². The molecule has 1 aliphatic rings. The second-order valence-corrected chi connectivity index (χ2v) is 5.25. The van der Waals surface area contributed by atoms with Crippen LogP contribution < -0.4 is 5.73 Å². The number of hydrogen-bond acceptors (Lipinski definition) is 3. The van der Waals surface area contributed by atoms with Crippen molar-refractivity contribution in [2.24, 2.45) is 11.1 Å². The SMILES string of the molecule is Cc1cccc(CN2CCC(C)(CN)C2)n1. The molecule has 0 bridgehead atoms. The maximum absolute atomic E-state index is 5.81. The number of nitrogens with zero attached hydrogens (tertiary/aromatic N) is 2. The zero-order chi connectivity index (χ0) is 11.6. The van der Waals surface area contributed by atoms with Crippen molar-refractivity contribution in [3.05, 3.63) is 29.6 Å². The van der Waals surface area contributed by atoms with Crippen LogP contribution in [-0.4, -0.2) is 29.5 Å². The summed E-state index contributed by atoms with van der Waals surface area (Å²) in [5.41, 5.74) is 8.38. The Bertz CT molecular complexity index is 364. The Kier molecular flexibility index (Phi) is 3.26. The topological polar surface area (TPSA) is 42.1 Å². The van der Waals surface area contributed by atoms with Gasteiger partial charge in [0, 0.05) is 18.8 Å². The number of hydrogen-bond donors (Lipinski definition) is 1. The maximum Gasteiger partial charge on any atom is 0.0547 e. The fourth-order valence-electron chi connectivity index (χ4n) is 2.34. The quantitative estimate of drug-likeness (QED) is 0.839. The van der Waals surface area contributed by atoms with Crippen LogP contribution in [-0.2, 0) is 6.54 Å². The smallest absolute Gasteiger partial charge is 0.0547 e. The highest BCUT2D eigenvalue weighted by Crippen LogP contribution is 2.29. The van der Waals surface area contributed by atoms with Gasteiger partial charge in [-0.1, -0.05) is 13.0 Å². The minimum absolute atomic E-state index is 0.309. The summed E-state index contributed by atoms with van der Waals surface area (Å²) in [6, 6.07) is 6.22. The van der Waals surface area contributed by atoms with Gasteiger partial charge >= 0.3 is 0 Å². The highest BCUT2D eigenvalue weighted by Gasteiger charge is 2.32. The summed E-state index contributed by atoms with van der Waals surface area (Å²) < 4.78 is 0. The molecule has 2 heterocycles. The second kappa shape index (κ2) is 4.52. The summed E-state index contributed by atoms with van der Waals surface area (Å²) >= 11 is 0. The monoisotopic (exact) mass is 219 g/mol. The molecule has 16 heavy (non-hydrogen) atoms. The third kappa shape index (κ3) is 2.60. The molecule has 2 N–H and O–H groups in total. The number of nitrogens with two attached hydrogens (primary N) is 1. The van der Waals surface area contributed by atoms with Crippen molar-refractivity contribution >= 4 is 0 Å². The molecule has 3 heteroatoms. The van der Waals surface area contributed by atoms with Gasteiger partial charge < -0.3 is 5.73 Å². The van der Waals surface area contributed by atoms with Crippen LogP contribution in [0.4, 0.5) is 0 Å². The molecule has 0 radical (unpaired) electrons. The van der Waals surface area contributed by atoms with Crippen molar-refractivity contribution in [3.63, 3.8) is 0 Å². The van der Waals surface area contributed by atoms with Crippen LogP contribution in [0.15, 0.2) is 18.2 Å². The number of likely N-dealkylation sites (tertiary alicyclic amines) is 1. The van der Waals surface area contributed by atoms with E-state index in [1.807, 2.05) is 13.0 Å². The second-order valence-electron chi connectivity index (χ2n) is 5.25. The van der Waals surface area contributed by atoms with E-state index in [0.29, 0.717) is 5.41 Å². The summed E-state index contributed by atoms with van der Waals surface area (Å²) in [4.78, 5) is 6.99. The van der Waals surface area contributed by atoms with Crippen molar-refractivity contribution < 1.29 is 0 Å². The van der Waals surface area contributed by atoms with Crippen LogP contribution in [0.3, 0.4) is 0 Å². The minimum Gasteiger partial charge on any atom is -0.330 e. The Hall–Kier alpha value is -0.930. The minimum atomic E-state index is 0.309. The first-order valence-corrected chi connectivity index (χ1v) is 5.96. The first-order valence-electron chi connectivity index (χ1n) is 5.96. The van der Waals surface area contributed by atoms with Crippen LogP contribution in [0, 0.1) is 12.3 Å². The van der Waals surface area contributed by atoms with Gasteiger partial charge in [-0.2, -0.15) is 0 Å². The summed E-state index contributed by atoms with van der Waals surface area (Å²) in [6.45, 7) is 8.29. The molecule has 88 valence electrons. The zero-order valence-corrected chi connectivity index (χ0v) is 10.2. The van der Waals surface area contributed by atoms with Gasteiger partial charge in [-0.15, -0.1) is 0 Å². The molecule has 1 saturated heterocycles. The molecule has 0 aromatic carbocycles. The number of aryl methyl sites for hydroxylation is 1. The van der Waals surface area contributed by atoms with Gasteiger partial charge in [0.05, 0.1) is 5.69 Å². The largest absolute Gasteiger partial charge is 0.330 e. The third-order valence-corrected chi connectivity index (χ3v) is 3.46. The van der Waals surface area contributed by atoms with E-state index in [0.717, 1.165) is 31.9 Å². The Balaban J connectivity index is 1.97. The van der Waals surface area contributed by atoms with E-state index >= 15 is 0 Å². The molecule has 1 aromatic rings. The first-order chi connectivity index (χ1) is 7.61. The fraction of sp³-hybridized carbons (Fsp3) is 0.615. The molecule has 2 rings (SSSR count). The molecule has 0 saturated carbocycles. The molecule has 0 spiro atoms. The van der Waals surface area contributed by atoms with Crippen molar-refractivity contribution in [1.82, 2.24) is 9.88 Å². The molecule has 0 aliphatic carbocycles. The van der Waals surface area contributed by atoms with Crippen LogP contribution in [0.1, 0.15) is 24.7 Å². The van der Waals surface area contributed by atoms with Crippen LogP contribution >= 0.6 is 0 Å². The van der Waals surface area contributed by atoms with E-state index in [-0.39, 0.29) is 0 Å². The first kappa shape index (κ1) is 11.6. The lowest BCUT2D eigenvalue weighted by Gasteiger charge is -2.22. The average Bonchev–Trinajstić information content (AvgIpc) is 2.61. The van der Waals surface area contributed by atoms with Crippen LogP contribution in [0.5, 0.6) is 0 Å². The molecule has 1 unspecified atom stereocenters. The van der Waals surface area contributed by atoms with Gasteiger partial charge in [0.15, 0.2) is 0 Å².